The molecule has 120 valence electrons. The van der Waals surface area contributed by atoms with Gasteiger partial charge in [-0.05, 0) is 57.1 Å². The van der Waals surface area contributed by atoms with E-state index in [-0.39, 0.29) is 0 Å². The van der Waals surface area contributed by atoms with Crippen LogP contribution in [0.5, 0.6) is 0 Å². The van der Waals surface area contributed by atoms with E-state index in [9.17, 15) is 0 Å². The standard InChI is InChI=1S/C23H18N2/c1-2-15-12-13-24-21(14-15)25-20-11-9-18-7-6-16-4-3-5-17-8-10-19(20)23(18)22(16)17/h3-14H,2H2,1H3,(H,24,25). The maximum absolute atomic E-state index is 4.48. The van der Waals surface area contributed by atoms with Crippen LogP contribution in [0, 0.1) is 0 Å². The van der Waals surface area contributed by atoms with E-state index < -0.39 is 0 Å². The number of nitrogens with one attached hydrogen (secondary N) is 1. The van der Waals surface area contributed by atoms with E-state index in [1.165, 1.54) is 37.9 Å². The second-order valence-electron chi connectivity index (χ2n) is 6.50. The molecule has 0 saturated carbocycles. The Morgan fingerprint density at radius 1 is 0.800 bits per heavy atom. The zero-order valence-corrected chi connectivity index (χ0v) is 14.1. The molecule has 0 saturated heterocycles. The van der Waals surface area contributed by atoms with Gasteiger partial charge in [-0.3, -0.25) is 0 Å². The SMILES string of the molecule is CCc1ccnc(Nc2ccc3ccc4cccc5ccc2c3c45)c1. The summed E-state index contributed by atoms with van der Waals surface area (Å²) in [6.07, 6.45) is 2.88. The van der Waals surface area contributed by atoms with Gasteiger partial charge in [-0.15, -0.1) is 0 Å². The average Bonchev–Trinajstić information content (AvgIpc) is 2.67. The summed E-state index contributed by atoms with van der Waals surface area (Å²) in [5.74, 6) is 0.898. The summed E-state index contributed by atoms with van der Waals surface area (Å²) in [7, 11) is 0. The number of nitrogens with zero attached hydrogens (tertiary/aromatic N) is 1. The smallest absolute Gasteiger partial charge is 0.130 e. The van der Waals surface area contributed by atoms with Gasteiger partial charge in [-0.2, -0.15) is 0 Å². The van der Waals surface area contributed by atoms with E-state index in [0.29, 0.717) is 0 Å². The van der Waals surface area contributed by atoms with Crippen LogP contribution < -0.4 is 5.32 Å². The van der Waals surface area contributed by atoms with Crippen LogP contribution >= 0.6 is 0 Å². The number of pyridine rings is 1. The molecular formula is C23H18N2. The largest absolute Gasteiger partial charge is 0.340 e. The molecule has 0 fully saturated rings. The number of aromatic nitrogens is 1. The fraction of sp³-hybridized carbons (Fsp3) is 0.0870. The van der Waals surface area contributed by atoms with Crippen LogP contribution in [0.4, 0.5) is 11.5 Å². The maximum Gasteiger partial charge on any atom is 0.130 e. The van der Waals surface area contributed by atoms with E-state index in [1.807, 2.05) is 6.20 Å². The zero-order chi connectivity index (χ0) is 16.8. The quantitative estimate of drug-likeness (QED) is 0.395. The first-order chi connectivity index (χ1) is 12.3. The first kappa shape index (κ1) is 14.2. The molecule has 5 aromatic rings. The lowest BCUT2D eigenvalue weighted by molar-refractivity contribution is 1.12. The Morgan fingerprint density at radius 3 is 2.32 bits per heavy atom. The summed E-state index contributed by atoms with van der Waals surface area (Å²) in [6, 6.07) is 23.9. The number of benzene rings is 4. The lowest BCUT2D eigenvalue weighted by atomic mass is 9.93. The first-order valence-corrected chi connectivity index (χ1v) is 8.72. The molecule has 1 aromatic heterocycles. The summed E-state index contributed by atoms with van der Waals surface area (Å²) < 4.78 is 0. The second kappa shape index (κ2) is 5.45. The van der Waals surface area contributed by atoms with Crippen molar-refractivity contribution in [3.8, 4) is 0 Å². The Labute approximate surface area is 146 Å². The Balaban J connectivity index is 1.75. The lowest BCUT2D eigenvalue weighted by Gasteiger charge is -2.15. The predicted octanol–water partition coefficient (Wildman–Crippen LogP) is 6.29. The van der Waals surface area contributed by atoms with Crippen molar-refractivity contribution < 1.29 is 0 Å². The van der Waals surface area contributed by atoms with Crippen molar-refractivity contribution in [1.29, 1.82) is 0 Å². The van der Waals surface area contributed by atoms with Crippen molar-refractivity contribution >= 4 is 43.8 Å². The fourth-order valence-electron chi connectivity index (χ4n) is 3.74. The van der Waals surface area contributed by atoms with Crippen molar-refractivity contribution in [1.82, 2.24) is 4.98 Å². The summed E-state index contributed by atoms with van der Waals surface area (Å²) in [6.45, 7) is 2.16. The predicted molar refractivity (Wildman–Crippen MR) is 107 cm³/mol. The third-order valence-corrected chi connectivity index (χ3v) is 5.02. The monoisotopic (exact) mass is 322 g/mol. The third-order valence-electron chi connectivity index (χ3n) is 5.02. The van der Waals surface area contributed by atoms with Gasteiger partial charge in [0.1, 0.15) is 5.82 Å². The minimum absolute atomic E-state index is 0.898. The summed E-state index contributed by atoms with van der Waals surface area (Å²) >= 11 is 0. The zero-order valence-electron chi connectivity index (χ0n) is 14.1. The molecule has 1 N–H and O–H groups in total. The fourth-order valence-corrected chi connectivity index (χ4v) is 3.74. The molecule has 0 aliphatic heterocycles. The number of anilines is 2. The molecule has 0 amide bonds. The number of hydrogen-bond acceptors (Lipinski definition) is 2. The van der Waals surface area contributed by atoms with Gasteiger partial charge in [0.2, 0.25) is 0 Å². The van der Waals surface area contributed by atoms with Crippen LogP contribution in [0.3, 0.4) is 0 Å². The van der Waals surface area contributed by atoms with E-state index >= 15 is 0 Å². The van der Waals surface area contributed by atoms with Gasteiger partial charge in [0.15, 0.2) is 0 Å². The van der Waals surface area contributed by atoms with Gasteiger partial charge in [-0.25, -0.2) is 4.98 Å². The summed E-state index contributed by atoms with van der Waals surface area (Å²) in [5.41, 5.74) is 2.39. The molecule has 0 spiro atoms. The van der Waals surface area contributed by atoms with Crippen molar-refractivity contribution in [3.63, 3.8) is 0 Å². The first-order valence-electron chi connectivity index (χ1n) is 8.72. The minimum Gasteiger partial charge on any atom is -0.340 e. The molecule has 0 aliphatic carbocycles. The minimum atomic E-state index is 0.898. The Morgan fingerprint density at radius 2 is 1.52 bits per heavy atom. The molecule has 5 rings (SSSR count). The van der Waals surface area contributed by atoms with Crippen LogP contribution in [0.2, 0.25) is 0 Å². The molecule has 0 atom stereocenters. The van der Waals surface area contributed by atoms with Gasteiger partial charge >= 0.3 is 0 Å². The van der Waals surface area contributed by atoms with Gasteiger partial charge < -0.3 is 5.32 Å². The van der Waals surface area contributed by atoms with Crippen LogP contribution in [0.15, 0.2) is 72.9 Å². The molecule has 2 nitrogen and oxygen atoms in total. The molecular weight excluding hydrogens is 304 g/mol. The van der Waals surface area contributed by atoms with Gasteiger partial charge in [-0.1, -0.05) is 55.5 Å². The molecule has 4 aromatic carbocycles. The Bertz CT molecular complexity index is 1190. The van der Waals surface area contributed by atoms with Crippen LogP contribution in [-0.4, -0.2) is 4.98 Å². The highest BCUT2D eigenvalue weighted by Gasteiger charge is 2.11. The Hall–Kier alpha value is -3.13. The highest BCUT2D eigenvalue weighted by molar-refractivity contribution is 6.25. The number of hydrogen-bond donors (Lipinski definition) is 1. The molecule has 0 aliphatic rings. The van der Waals surface area contributed by atoms with Crippen molar-refractivity contribution in [2.45, 2.75) is 13.3 Å². The van der Waals surface area contributed by atoms with Crippen LogP contribution in [-0.2, 0) is 6.42 Å². The van der Waals surface area contributed by atoms with Crippen molar-refractivity contribution in [3.05, 3.63) is 78.5 Å². The van der Waals surface area contributed by atoms with Gasteiger partial charge in [0.05, 0.1) is 0 Å². The molecule has 25 heavy (non-hydrogen) atoms. The number of aryl methyl sites for hydroxylation is 1. The van der Waals surface area contributed by atoms with Gasteiger partial charge in [0.25, 0.3) is 0 Å². The topological polar surface area (TPSA) is 24.9 Å². The van der Waals surface area contributed by atoms with Crippen LogP contribution in [0.25, 0.3) is 32.3 Å². The molecule has 1 heterocycles. The van der Waals surface area contributed by atoms with Crippen LogP contribution in [0.1, 0.15) is 12.5 Å². The molecule has 2 heteroatoms. The molecule has 0 radical (unpaired) electrons. The highest BCUT2D eigenvalue weighted by Crippen LogP contribution is 2.38. The summed E-state index contributed by atoms with van der Waals surface area (Å²) in [5, 5.41) is 11.3. The molecule has 0 bridgehead atoms. The van der Waals surface area contributed by atoms with Gasteiger partial charge in [0, 0.05) is 17.3 Å². The van der Waals surface area contributed by atoms with Crippen molar-refractivity contribution in [2.75, 3.05) is 5.32 Å². The normalized spacial score (nSPS) is 11.6. The second-order valence-corrected chi connectivity index (χ2v) is 6.50. The van der Waals surface area contributed by atoms with E-state index in [4.69, 9.17) is 0 Å². The maximum atomic E-state index is 4.48. The van der Waals surface area contributed by atoms with E-state index in [1.54, 1.807) is 0 Å². The van der Waals surface area contributed by atoms with E-state index in [2.05, 4.69) is 84.0 Å². The van der Waals surface area contributed by atoms with Crippen molar-refractivity contribution in [2.24, 2.45) is 0 Å². The third kappa shape index (κ3) is 2.22. The summed E-state index contributed by atoms with van der Waals surface area (Å²) in [4.78, 5) is 4.48. The average molecular weight is 322 g/mol. The number of rotatable bonds is 3. The highest BCUT2D eigenvalue weighted by atomic mass is 15.0. The van der Waals surface area contributed by atoms with E-state index in [0.717, 1.165) is 17.9 Å². The Kier molecular flexibility index (Phi) is 3.10. The molecule has 0 unspecified atom stereocenters. The lowest BCUT2D eigenvalue weighted by Crippen LogP contribution is -1.96.